The molecule has 0 aromatic carbocycles. The van der Waals surface area contributed by atoms with E-state index in [-0.39, 0.29) is 29.8 Å². The largest absolute Gasteiger partial charge is 0.469 e. The Kier molecular flexibility index (Phi) is 5.65. The second-order valence-electron chi connectivity index (χ2n) is 7.03. The van der Waals surface area contributed by atoms with Gasteiger partial charge < -0.3 is 10.1 Å². The Morgan fingerprint density at radius 1 is 1.00 bits per heavy atom. The van der Waals surface area contributed by atoms with Crippen LogP contribution >= 0.6 is 0 Å². The van der Waals surface area contributed by atoms with Crippen LogP contribution in [0.1, 0.15) is 58.8 Å². The summed E-state index contributed by atoms with van der Waals surface area (Å²) in [4.78, 5) is 24.5. The first-order chi connectivity index (χ1) is 10.0. The molecular weight excluding hydrogens is 266 g/mol. The van der Waals surface area contributed by atoms with E-state index in [9.17, 15) is 9.59 Å². The molecule has 5 atom stereocenters. The zero-order chi connectivity index (χ0) is 15.4. The fourth-order valence-electron chi connectivity index (χ4n) is 3.92. The minimum atomic E-state index is -0.176. The average Bonchev–Trinajstić information content (AvgIpc) is 2.49. The molecule has 5 unspecified atom stereocenters. The van der Waals surface area contributed by atoms with Crippen LogP contribution in [-0.2, 0) is 14.3 Å². The van der Waals surface area contributed by atoms with E-state index in [1.807, 2.05) is 0 Å². The summed E-state index contributed by atoms with van der Waals surface area (Å²) >= 11 is 0. The lowest BCUT2D eigenvalue weighted by atomic mass is 9.74. The van der Waals surface area contributed by atoms with E-state index in [2.05, 4.69) is 19.2 Å². The molecule has 4 nitrogen and oxygen atoms in total. The van der Waals surface area contributed by atoms with E-state index >= 15 is 0 Å². The first-order valence-corrected chi connectivity index (χ1v) is 8.41. The molecule has 2 fully saturated rings. The molecule has 120 valence electrons. The van der Waals surface area contributed by atoms with Gasteiger partial charge in [-0.25, -0.2) is 0 Å². The number of methoxy groups -OCH3 is 1. The number of amides is 1. The van der Waals surface area contributed by atoms with E-state index in [0.717, 1.165) is 38.5 Å². The third-order valence-electron chi connectivity index (χ3n) is 5.39. The highest BCUT2D eigenvalue weighted by Gasteiger charge is 2.36. The van der Waals surface area contributed by atoms with Crippen LogP contribution in [0.15, 0.2) is 0 Å². The molecule has 4 heteroatoms. The summed E-state index contributed by atoms with van der Waals surface area (Å²) in [5.41, 5.74) is 0. The van der Waals surface area contributed by atoms with E-state index in [1.165, 1.54) is 13.5 Å². The van der Waals surface area contributed by atoms with Crippen LogP contribution in [0.3, 0.4) is 0 Å². The third kappa shape index (κ3) is 3.98. The molecule has 2 aliphatic rings. The molecule has 0 heterocycles. The van der Waals surface area contributed by atoms with Crippen LogP contribution in [0, 0.1) is 23.7 Å². The Morgan fingerprint density at radius 3 is 2.43 bits per heavy atom. The van der Waals surface area contributed by atoms with Gasteiger partial charge in [0.1, 0.15) is 0 Å². The Labute approximate surface area is 128 Å². The van der Waals surface area contributed by atoms with Gasteiger partial charge in [-0.15, -0.1) is 0 Å². The van der Waals surface area contributed by atoms with Crippen molar-refractivity contribution in [1.29, 1.82) is 0 Å². The van der Waals surface area contributed by atoms with Gasteiger partial charge in [-0.05, 0) is 37.5 Å². The summed E-state index contributed by atoms with van der Waals surface area (Å²) in [6.45, 7) is 4.40. The summed E-state index contributed by atoms with van der Waals surface area (Å²) in [7, 11) is 1.43. The molecule has 1 amide bonds. The molecule has 0 radical (unpaired) electrons. The molecule has 0 spiro atoms. The van der Waals surface area contributed by atoms with E-state index in [4.69, 9.17) is 4.74 Å². The van der Waals surface area contributed by atoms with Crippen LogP contribution in [0.5, 0.6) is 0 Å². The Balaban J connectivity index is 1.97. The lowest BCUT2D eigenvalue weighted by Gasteiger charge is -2.35. The molecule has 0 aromatic heterocycles. The van der Waals surface area contributed by atoms with Crippen LogP contribution in [0.2, 0.25) is 0 Å². The molecule has 2 saturated carbocycles. The van der Waals surface area contributed by atoms with Gasteiger partial charge in [-0.2, -0.15) is 0 Å². The Morgan fingerprint density at radius 2 is 1.71 bits per heavy atom. The van der Waals surface area contributed by atoms with Gasteiger partial charge in [-0.1, -0.05) is 33.1 Å². The summed E-state index contributed by atoms with van der Waals surface area (Å²) in [5, 5.41) is 3.17. The number of hydrogen-bond acceptors (Lipinski definition) is 3. The van der Waals surface area contributed by atoms with Crippen molar-refractivity contribution in [3.05, 3.63) is 0 Å². The minimum absolute atomic E-state index is 0.0388. The van der Waals surface area contributed by atoms with Crippen molar-refractivity contribution >= 4 is 11.9 Å². The van der Waals surface area contributed by atoms with Crippen molar-refractivity contribution in [2.45, 2.75) is 64.8 Å². The van der Waals surface area contributed by atoms with Crippen molar-refractivity contribution in [3.8, 4) is 0 Å². The van der Waals surface area contributed by atoms with Crippen molar-refractivity contribution < 1.29 is 14.3 Å². The van der Waals surface area contributed by atoms with Gasteiger partial charge in [0.15, 0.2) is 0 Å². The normalized spacial score (nSPS) is 36.8. The number of esters is 1. The van der Waals surface area contributed by atoms with Crippen LogP contribution < -0.4 is 5.32 Å². The van der Waals surface area contributed by atoms with Crippen molar-refractivity contribution in [2.75, 3.05) is 7.11 Å². The first-order valence-electron chi connectivity index (χ1n) is 8.41. The Hall–Kier alpha value is -1.06. The van der Waals surface area contributed by atoms with Gasteiger partial charge in [-0.3, -0.25) is 9.59 Å². The topological polar surface area (TPSA) is 55.4 Å². The first kappa shape index (κ1) is 16.3. The summed E-state index contributed by atoms with van der Waals surface area (Å²) in [6.07, 6.45) is 7.17. The number of hydrogen-bond donors (Lipinski definition) is 1. The minimum Gasteiger partial charge on any atom is -0.469 e. The molecular formula is C17H29NO3. The molecule has 0 saturated heterocycles. The zero-order valence-corrected chi connectivity index (χ0v) is 13.6. The molecule has 0 bridgehead atoms. The van der Waals surface area contributed by atoms with Crippen LogP contribution in [-0.4, -0.2) is 25.0 Å². The number of carbonyl (C=O) groups is 2. The lowest BCUT2D eigenvalue weighted by molar-refractivity contribution is -0.148. The lowest BCUT2D eigenvalue weighted by Crippen LogP contribution is -2.49. The maximum atomic E-state index is 12.6. The average molecular weight is 295 g/mol. The molecule has 0 aliphatic heterocycles. The number of nitrogens with one attached hydrogen (secondary N) is 1. The molecule has 1 N–H and O–H groups in total. The predicted octanol–water partition coefficient (Wildman–Crippen LogP) is 2.91. The molecule has 2 rings (SSSR count). The monoisotopic (exact) mass is 295 g/mol. The number of ether oxygens (including phenoxy) is 1. The standard InChI is InChI=1S/C17H29NO3/c1-11-8-9-12(2)14(10-11)16(19)18-15-7-5-4-6-13(15)17(20)21-3/h11-15H,4-10H2,1-3H3,(H,18,19). The van der Waals surface area contributed by atoms with Crippen molar-refractivity contribution in [1.82, 2.24) is 5.32 Å². The van der Waals surface area contributed by atoms with Crippen molar-refractivity contribution in [3.63, 3.8) is 0 Å². The fraction of sp³-hybridized carbons (Fsp3) is 0.882. The van der Waals surface area contributed by atoms with E-state index in [1.54, 1.807) is 0 Å². The fourth-order valence-corrected chi connectivity index (χ4v) is 3.92. The summed E-state index contributed by atoms with van der Waals surface area (Å²) in [6, 6.07) is -0.0388. The van der Waals surface area contributed by atoms with Gasteiger partial charge in [0.2, 0.25) is 5.91 Å². The summed E-state index contributed by atoms with van der Waals surface area (Å²) < 4.78 is 4.89. The number of rotatable bonds is 3. The van der Waals surface area contributed by atoms with Gasteiger partial charge in [0, 0.05) is 12.0 Å². The molecule has 21 heavy (non-hydrogen) atoms. The summed E-state index contributed by atoms with van der Waals surface area (Å²) in [5.74, 6) is 0.985. The quantitative estimate of drug-likeness (QED) is 0.815. The maximum absolute atomic E-state index is 12.6. The molecule has 0 aromatic rings. The van der Waals surface area contributed by atoms with Gasteiger partial charge >= 0.3 is 5.97 Å². The highest BCUT2D eigenvalue weighted by molar-refractivity contribution is 5.81. The number of carbonyl (C=O) groups excluding carboxylic acids is 2. The second kappa shape index (κ2) is 7.28. The van der Waals surface area contributed by atoms with E-state index < -0.39 is 0 Å². The SMILES string of the molecule is COC(=O)C1CCCCC1NC(=O)C1CC(C)CCC1C. The van der Waals surface area contributed by atoms with Gasteiger partial charge in [0.25, 0.3) is 0 Å². The highest BCUT2D eigenvalue weighted by atomic mass is 16.5. The zero-order valence-electron chi connectivity index (χ0n) is 13.6. The highest BCUT2D eigenvalue weighted by Crippen LogP contribution is 2.34. The maximum Gasteiger partial charge on any atom is 0.310 e. The predicted molar refractivity (Wildman–Crippen MR) is 81.6 cm³/mol. The Bertz CT molecular complexity index is 382. The van der Waals surface area contributed by atoms with E-state index in [0.29, 0.717) is 11.8 Å². The van der Waals surface area contributed by atoms with Gasteiger partial charge in [0.05, 0.1) is 13.0 Å². The van der Waals surface area contributed by atoms with Crippen molar-refractivity contribution in [2.24, 2.45) is 23.7 Å². The third-order valence-corrected chi connectivity index (χ3v) is 5.39. The smallest absolute Gasteiger partial charge is 0.310 e. The second-order valence-corrected chi connectivity index (χ2v) is 7.03. The van der Waals surface area contributed by atoms with Crippen LogP contribution in [0.4, 0.5) is 0 Å². The van der Waals surface area contributed by atoms with Crippen LogP contribution in [0.25, 0.3) is 0 Å². The molecule has 2 aliphatic carbocycles.